The van der Waals surface area contributed by atoms with Crippen LogP contribution in [0.5, 0.6) is 0 Å². The summed E-state index contributed by atoms with van der Waals surface area (Å²) in [4.78, 5) is 4.49. The van der Waals surface area contributed by atoms with E-state index in [-0.39, 0.29) is 5.41 Å². The molecule has 0 bridgehead atoms. The summed E-state index contributed by atoms with van der Waals surface area (Å²) in [5.74, 6) is 0.933. The maximum Gasteiger partial charge on any atom is 0.157 e. The third kappa shape index (κ3) is 2.81. The zero-order valence-corrected chi connectivity index (χ0v) is 13.7. The van der Waals surface area contributed by atoms with Crippen LogP contribution < -0.4 is 5.32 Å². The molecule has 0 unspecified atom stereocenters. The Bertz CT molecular complexity index is 806. The average molecular weight is 298 g/mol. The van der Waals surface area contributed by atoms with Crippen molar-refractivity contribution in [3.63, 3.8) is 0 Å². The molecule has 6 nitrogen and oxygen atoms in total. The molecular formula is C16H22N6. The van der Waals surface area contributed by atoms with Crippen LogP contribution in [0.4, 0.5) is 5.82 Å². The van der Waals surface area contributed by atoms with Crippen molar-refractivity contribution in [2.24, 2.45) is 0 Å². The van der Waals surface area contributed by atoms with E-state index in [9.17, 15) is 0 Å². The topological polar surface area (TPSA) is 70.9 Å². The summed E-state index contributed by atoms with van der Waals surface area (Å²) in [6.45, 7) is 11.1. The van der Waals surface area contributed by atoms with Gasteiger partial charge < -0.3 is 5.32 Å². The van der Waals surface area contributed by atoms with E-state index in [1.165, 1.54) is 0 Å². The molecule has 6 heteroatoms. The summed E-state index contributed by atoms with van der Waals surface area (Å²) in [7, 11) is 0. The van der Waals surface area contributed by atoms with Crippen molar-refractivity contribution in [3.8, 4) is 0 Å². The zero-order valence-electron chi connectivity index (χ0n) is 13.7. The van der Waals surface area contributed by atoms with E-state index in [0.717, 1.165) is 34.2 Å². The summed E-state index contributed by atoms with van der Waals surface area (Å²) >= 11 is 0. The number of aromatic nitrogens is 5. The maximum absolute atomic E-state index is 4.49. The summed E-state index contributed by atoms with van der Waals surface area (Å²) < 4.78 is 1.84. The van der Waals surface area contributed by atoms with Crippen molar-refractivity contribution in [1.29, 1.82) is 0 Å². The van der Waals surface area contributed by atoms with Crippen LogP contribution >= 0.6 is 0 Å². The molecule has 3 aromatic rings. The molecule has 2 N–H and O–H groups in total. The molecule has 0 amide bonds. The van der Waals surface area contributed by atoms with E-state index in [0.29, 0.717) is 6.54 Å². The molecular weight excluding hydrogens is 276 g/mol. The van der Waals surface area contributed by atoms with Crippen molar-refractivity contribution in [1.82, 2.24) is 24.8 Å². The Hall–Kier alpha value is -2.37. The zero-order chi connectivity index (χ0) is 15.9. The highest BCUT2D eigenvalue weighted by molar-refractivity contribution is 5.50. The number of anilines is 1. The molecule has 0 radical (unpaired) electrons. The van der Waals surface area contributed by atoms with Gasteiger partial charge in [0.15, 0.2) is 5.65 Å². The summed E-state index contributed by atoms with van der Waals surface area (Å²) in [5, 5.41) is 15.4. The number of hydrogen-bond donors (Lipinski definition) is 2. The van der Waals surface area contributed by atoms with Crippen LogP contribution in [0.1, 0.15) is 43.5 Å². The van der Waals surface area contributed by atoms with Crippen LogP contribution in [0.2, 0.25) is 0 Å². The van der Waals surface area contributed by atoms with Crippen molar-refractivity contribution in [2.75, 3.05) is 5.32 Å². The normalized spacial score (nSPS) is 12.0. The van der Waals surface area contributed by atoms with Gasteiger partial charge in [-0.3, -0.25) is 5.10 Å². The minimum Gasteiger partial charge on any atom is -0.364 e. The van der Waals surface area contributed by atoms with Crippen LogP contribution in [-0.2, 0) is 12.0 Å². The Balaban J connectivity index is 1.83. The molecule has 22 heavy (non-hydrogen) atoms. The van der Waals surface area contributed by atoms with E-state index >= 15 is 0 Å². The van der Waals surface area contributed by atoms with Crippen molar-refractivity contribution in [3.05, 3.63) is 41.0 Å². The van der Waals surface area contributed by atoms with E-state index in [1.54, 1.807) is 0 Å². The van der Waals surface area contributed by atoms with Gasteiger partial charge in [-0.1, -0.05) is 20.8 Å². The second kappa shape index (κ2) is 5.12. The lowest BCUT2D eigenvalue weighted by Gasteiger charge is -2.13. The molecule has 0 atom stereocenters. The predicted octanol–water partition coefficient (Wildman–Crippen LogP) is 2.98. The largest absolute Gasteiger partial charge is 0.364 e. The smallest absolute Gasteiger partial charge is 0.157 e. The highest BCUT2D eigenvalue weighted by Gasteiger charge is 2.17. The summed E-state index contributed by atoms with van der Waals surface area (Å²) in [6, 6.07) is 6.08. The van der Waals surface area contributed by atoms with E-state index < -0.39 is 0 Å². The fourth-order valence-electron chi connectivity index (χ4n) is 2.36. The second-order valence-corrected chi connectivity index (χ2v) is 6.72. The van der Waals surface area contributed by atoms with Crippen LogP contribution in [0.3, 0.4) is 0 Å². The molecule has 3 aromatic heterocycles. The second-order valence-electron chi connectivity index (χ2n) is 6.72. The molecule has 0 saturated heterocycles. The molecule has 0 aliphatic heterocycles. The number of nitrogens with zero attached hydrogens (tertiary/aromatic N) is 4. The van der Waals surface area contributed by atoms with Gasteiger partial charge in [-0.25, -0.2) is 4.98 Å². The number of aryl methyl sites for hydroxylation is 2. The molecule has 0 fully saturated rings. The van der Waals surface area contributed by atoms with Crippen LogP contribution in [0.15, 0.2) is 18.2 Å². The first kappa shape index (κ1) is 14.6. The highest BCUT2D eigenvalue weighted by Crippen LogP contribution is 2.21. The average Bonchev–Trinajstić information content (AvgIpc) is 3.00. The Morgan fingerprint density at radius 1 is 1.14 bits per heavy atom. The molecule has 0 saturated carbocycles. The summed E-state index contributed by atoms with van der Waals surface area (Å²) in [5.41, 5.74) is 4.95. The standard InChI is InChI=1S/C16H22N6/c1-10-6-14(22-15(18-10)7-11(2)21-22)17-9-12-8-13(20-19-12)16(3,4)5/h6-8,17H,9H2,1-5H3,(H,19,20). The molecule has 0 spiro atoms. The minimum atomic E-state index is 0.0500. The Kier molecular flexibility index (Phi) is 3.39. The lowest BCUT2D eigenvalue weighted by molar-refractivity contribution is 0.567. The van der Waals surface area contributed by atoms with Gasteiger partial charge in [0.25, 0.3) is 0 Å². The van der Waals surface area contributed by atoms with Gasteiger partial charge in [-0.2, -0.15) is 14.7 Å². The third-order valence-electron chi connectivity index (χ3n) is 3.54. The monoisotopic (exact) mass is 298 g/mol. The molecule has 3 rings (SSSR count). The lowest BCUT2D eigenvalue weighted by atomic mass is 9.92. The number of H-pyrrole nitrogens is 1. The molecule has 116 valence electrons. The quantitative estimate of drug-likeness (QED) is 0.780. The molecule has 0 aliphatic carbocycles. The third-order valence-corrected chi connectivity index (χ3v) is 3.54. The van der Waals surface area contributed by atoms with Crippen LogP contribution in [-0.4, -0.2) is 24.8 Å². The number of nitrogens with one attached hydrogen (secondary N) is 2. The number of fused-ring (bicyclic) bond motifs is 1. The number of aromatic amines is 1. The van der Waals surface area contributed by atoms with E-state index in [2.05, 4.69) is 52.4 Å². The maximum atomic E-state index is 4.49. The number of rotatable bonds is 3. The van der Waals surface area contributed by atoms with Gasteiger partial charge in [0.2, 0.25) is 0 Å². The Morgan fingerprint density at radius 3 is 2.59 bits per heavy atom. The Morgan fingerprint density at radius 2 is 1.91 bits per heavy atom. The van der Waals surface area contributed by atoms with Crippen LogP contribution in [0.25, 0.3) is 5.65 Å². The Labute approximate surface area is 130 Å². The van der Waals surface area contributed by atoms with Crippen molar-refractivity contribution < 1.29 is 0 Å². The highest BCUT2D eigenvalue weighted by atomic mass is 15.3. The molecule has 0 aliphatic rings. The van der Waals surface area contributed by atoms with E-state index in [4.69, 9.17) is 0 Å². The van der Waals surface area contributed by atoms with Gasteiger partial charge in [0, 0.05) is 23.2 Å². The first-order valence-corrected chi connectivity index (χ1v) is 7.45. The van der Waals surface area contributed by atoms with Crippen molar-refractivity contribution >= 4 is 11.5 Å². The molecule has 0 aromatic carbocycles. The van der Waals surface area contributed by atoms with Gasteiger partial charge >= 0.3 is 0 Å². The molecule has 3 heterocycles. The fraction of sp³-hybridized carbons (Fsp3) is 0.438. The fourth-order valence-corrected chi connectivity index (χ4v) is 2.36. The first-order chi connectivity index (χ1) is 10.3. The van der Waals surface area contributed by atoms with Crippen LogP contribution in [0, 0.1) is 13.8 Å². The number of hydrogen-bond acceptors (Lipinski definition) is 4. The predicted molar refractivity (Wildman–Crippen MR) is 87.1 cm³/mol. The minimum absolute atomic E-state index is 0.0500. The first-order valence-electron chi connectivity index (χ1n) is 7.45. The SMILES string of the molecule is Cc1cc(NCc2cc(C(C)(C)C)n[nH]2)n2nc(C)cc2n1. The van der Waals surface area contributed by atoms with Gasteiger partial charge in [-0.15, -0.1) is 0 Å². The lowest BCUT2D eigenvalue weighted by Crippen LogP contribution is -2.11. The van der Waals surface area contributed by atoms with Gasteiger partial charge in [0.1, 0.15) is 5.82 Å². The summed E-state index contributed by atoms with van der Waals surface area (Å²) in [6.07, 6.45) is 0. The van der Waals surface area contributed by atoms with E-state index in [1.807, 2.05) is 30.5 Å². The van der Waals surface area contributed by atoms with Gasteiger partial charge in [0.05, 0.1) is 23.6 Å². The van der Waals surface area contributed by atoms with Crippen molar-refractivity contribution in [2.45, 2.75) is 46.6 Å². The van der Waals surface area contributed by atoms with Gasteiger partial charge in [-0.05, 0) is 19.9 Å².